The Kier molecular flexibility index (Phi) is 20.5. The Morgan fingerprint density at radius 2 is 0.762 bits per heavy atom. The first-order valence-electron chi connectivity index (χ1n) is 13.7. The molecule has 0 aromatic rings. The van der Waals surface area contributed by atoms with Gasteiger partial charge in [-0.3, -0.25) is 0 Å². The highest BCUT2D eigenvalue weighted by molar-refractivity contribution is 8.76. The monoisotopic (exact) mass is 654 g/mol. The molecule has 0 aromatic carbocycles. The molecular weight excluding hydrogens is 608 g/mol. The standard InChI is InChI=1S/C24H46O16S2/c25-13-15-17(27)19(29)21(31)23(39-15)37-7-5-33-1-3-35-9-11-41-42-12-10-36-4-2-34-6-8-38-24-22(32)20(30)18(28)16(14-26)40-24/h15-32H,1-14H2/t15-,16-,17+,18+,19+,20+,21-,22-,23-,24-/m1/s1. The topological polar surface area (TPSA) is 236 Å². The van der Waals surface area contributed by atoms with Crippen LogP contribution in [0.15, 0.2) is 0 Å². The predicted octanol–water partition coefficient (Wildman–Crippen LogP) is -3.93. The average molecular weight is 655 g/mol. The molecular formula is C24H46O16S2. The molecule has 0 aliphatic carbocycles. The first-order chi connectivity index (χ1) is 20.3. The Morgan fingerprint density at radius 3 is 1.12 bits per heavy atom. The van der Waals surface area contributed by atoms with Crippen LogP contribution in [0.1, 0.15) is 0 Å². The lowest BCUT2D eigenvalue weighted by atomic mass is 9.99. The van der Waals surface area contributed by atoms with Crippen LogP contribution in [0.4, 0.5) is 0 Å². The molecule has 2 rings (SSSR count). The first-order valence-corrected chi connectivity index (χ1v) is 16.2. The van der Waals surface area contributed by atoms with E-state index in [-0.39, 0.29) is 26.4 Å². The number of hydrogen-bond acceptors (Lipinski definition) is 18. The summed E-state index contributed by atoms with van der Waals surface area (Å²) in [7, 11) is 3.32. The average Bonchev–Trinajstić information content (AvgIpc) is 2.99. The van der Waals surface area contributed by atoms with Gasteiger partial charge in [0.25, 0.3) is 0 Å². The molecule has 2 heterocycles. The molecule has 0 unspecified atom stereocenters. The molecule has 0 amide bonds. The van der Waals surface area contributed by atoms with E-state index in [0.29, 0.717) is 39.6 Å². The van der Waals surface area contributed by atoms with E-state index in [0.717, 1.165) is 11.5 Å². The second-order valence-corrected chi connectivity index (χ2v) is 11.9. The normalized spacial score (nSPS) is 33.7. The third-order valence-electron chi connectivity index (χ3n) is 6.17. The van der Waals surface area contributed by atoms with Gasteiger partial charge in [0.15, 0.2) is 12.6 Å². The maximum Gasteiger partial charge on any atom is 0.186 e. The summed E-state index contributed by atoms with van der Waals surface area (Å²) in [5, 5.41) is 77.0. The molecule has 0 aromatic heterocycles. The Labute approximate surface area is 252 Å². The summed E-state index contributed by atoms with van der Waals surface area (Å²) in [6.45, 7) is 2.20. The second-order valence-electron chi connectivity index (χ2n) is 9.23. The van der Waals surface area contributed by atoms with Gasteiger partial charge in [-0.2, -0.15) is 0 Å². The van der Waals surface area contributed by atoms with Crippen LogP contribution in [0, 0.1) is 0 Å². The summed E-state index contributed by atoms with van der Waals surface area (Å²) in [6.07, 6.45) is -13.0. The van der Waals surface area contributed by atoms with Gasteiger partial charge in [0.1, 0.15) is 48.8 Å². The molecule has 0 spiro atoms. The Morgan fingerprint density at radius 1 is 0.429 bits per heavy atom. The van der Waals surface area contributed by atoms with Gasteiger partial charge in [0, 0.05) is 11.5 Å². The number of aliphatic hydroxyl groups is 8. The van der Waals surface area contributed by atoms with Gasteiger partial charge < -0.3 is 78.7 Å². The second kappa shape index (κ2) is 22.5. The van der Waals surface area contributed by atoms with Crippen LogP contribution in [0.2, 0.25) is 0 Å². The first kappa shape index (κ1) is 38.2. The lowest BCUT2D eigenvalue weighted by Crippen LogP contribution is -2.59. The van der Waals surface area contributed by atoms with Crippen molar-refractivity contribution in [1.82, 2.24) is 0 Å². The molecule has 18 heteroatoms. The van der Waals surface area contributed by atoms with E-state index in [4.69, 9.17) is 48.1 Å². The molecule has 42 heavy (non-hydrogen) atoms. The Hall–Kier alpha value is 0.0600. The fraction of sp³-hybridized carbons (Fsp3) is 1.00. The van der Waals surface area contributed by atoms with Gasteiger partial charge in [-0.15, -0.1) is 0 Å². The highest BCUT2D eigenvalue weighted by Crippen LogP contribution is 2.23. The zero-order chi connectivity index (χ0) is 30.7. The van der Waals surface area contributed by atoms with Crippen LogP contribution in [0.5, 0.6) is 0 Å². The summed E-state index contributed by atoms with van der Waals surface area (Å²) in [5.41, 5.74) is 0. The van der Waals surface area contributed by atoms with E-state index in [1.54, 1.807) is 21.6 Å². The Balaban J connectivity index is 1.30. The molecule has 250 valence electrons. The van der Waals surface area contributed by atoms with Crippen molar-refractivity contribution in [2.45, 2.75) is 61.4 Å². The quantitative estimate of drug-likeness (QED) is 0.0388. The van der Waals surface area contributed by atoms with Crippen LogP contribution in [-0.2, 0) is 37.9 Å². The zero-order valence-corrected chi connectivity index (χ0v) is 25.0. The molecule has 2 aliphatic heterocycles. The zero-order valence-electron chi connectivity index (χ0n) is 23.3. The largest absolute Gasteiger partial charge is 0.394 e. The molecule has 8 N–H and O–H groups in total. The maximum atomic E-state index is 9.89. The van der Waals surface area contributed by atoms with Crippen LogP contribution in [-0.4, -0.2) is 193 Å². The van der Waals surface area contributed by atoms with E-state index >= 15 is 0 Å². The Bertz CT molecular complexity index is 614. The minimum Gasteiger partial charge on any atom is -0.394 e. The summed E-state index contributed by atoms with van der Waals surface area (Å²) < 4.78 is 42.9. The maximum absolute atomic E-state index is 9.89. The van der Waals surface area contributed by atoms with Gasteiger partial charge >= 0.3 is 0 Å². The van der Waals surface area contributed by atoms with Crippen LogP contribution in [0.25, 0.3) is 0 Å². The predicted molar refractivity (Wildman–Crippen MR) is 148 cm³/mol. The fourth-order valence-electron chi connectivity index (χ4n) is 3.80. The van der Waals surface area contributed by atoms with Crippen molar-refractivity contribution in [1.29, 1.82) is 0 Å². The van der Waals surface area contributed by atoms with Crippen molar-refractivity contribution < 1.29 is 78.7 Å². The molecule has 2 saturated heterocycles. The molecule has 2 fully saturated rings. The number of rotatable bonds is 23. The van der Waals surface area contributed by atoms with Gasteiger partial charge in [-0.05, 0) is 0 Å². The number of ether oxygens (including phenoxy) is 8. The van der Waals surface area contributed by atoms with E-state index in [9.17, 15) is 30.6 Å². The minimum atomic E-state index is -1.48. The van der Waals surface area contributed by atoms with Crippen molar-refractivity contribution in [2.24, 2.45) is 0 Å². The van der Waals surface area contributed by atoms with Crippen LogP contribution in [0.3, 0.4) is 0 Å². The van der Waals surface area contributed by atoms with Crippen LogP contribution < -0.4 is 0 Å². The summed E-state index contributed by atoms with van der Waals surface area (Å²) in [5.74, 6) is 1.59. The fourth-order valence-corrected chi connectivity index (χ4v) is 5.53. The lowest BCUT2D eigenvalue weighted by molar-refractivity contribution is -0.302. The van der Waals surface area contributed by atoms with E-state index in [1.807, 2.05) is 0 Å². The van der Waals surface area contributed by atoms with E-state index in [2.05, 4.69) is 0 Å². The molecule has 0 radical (unpaired) electrons. The summed E-state index contributed by atoms with van der Waals surface area (Å²) >= 11 is 0. The van der Waals surface area contributed by atoms with E-state index < -0.39 is 74.6 Å². The molecule has 0 bridgehead atoms. The van der Waals surface area contributed by atoms with Crippen molar-refractivity contribution in [3.63, 3.8) is 0 Å². The summed E-state index contributed by atoms with van der Waals surface area (Å²) in [6, 6.07) is 0. The third kappa shape index (κ3) is 13.6. The highest BCUT2D eigenvalue weighted by atomic mass is 33.1. The lowest BCUT2D eigenvalue weighted by Gasteiger charge is -2.39. The van der Waals surface area contributed by atoms with Crippen molar-refractivity contribution in [3.8, 4) is 0 Å². The summed E-state index contributed by atoms with van der Waals surface area (Å²) in [4.78, 5) is 0. The van der Waals surface area contributed by atoms with Gasteiger partial charge in [0.2, 0.25) is 0 Å². The van der Waals surface area contributed by atoms with Crippen LogP contribution >= 0.6 is 21.6 Å². The molecule has 10 atom stereocenters. The van der Waals surface area contributed by atoms with Crippen molar-refractivity contribution in [3.05, 3.63) is 0 Å². The van der Waals surface area contributed by atoms with Crippen molar-refractivity contribution >= 4 is 21.6 Å². The van der Waals surface area contributed by atoms with E-state index in [1.165, 1.54) is 0 Å². The molecule has 2 aliphatic rings. The third-order valence-corrected chi connectivity index (χ3v) is 8.50. The minimum absolute atomic E-state index is 0.0866. The highest BCUT2D eigenvalue weighted by Gasteiger charge is 2.45. The number of aliphatic hydroxyl groups excluding tert-OH is 8. The number of hydrogen-bond donors (Lipinski definition) is 8. The van der Waals surface area contributed by atoms with Gasteiger partial charge in [0.05, 0.1) is 79.3 Å². The SMILES string of the molecule is OC[C@H]1O[C@@H](OCCOCCOCCSSCCOCCOCCO[C@@H]2O[C@H](CO)[C@H](O)[C@H](O)[C@H]2O)[C@H](O)[C@@H](O)[C@H]1O. The van der Waals surface area contributed by atoms with Gasteiger partial charge in [-0.25, -0.2) is 0 Å². The molecule has 16 nitrogen and oxygen atoms in total. The van der Waals surface area contributed by atoms with Gasteiger partial charge in [-0.1, -0.05) is 21.6 Å². The smallest absolute Gasteiger partial charge is 0.186 e. The molecule has 0 saturated carbocycles. The van der Waals surface area contributed by atoms with Crippen molar-refractivity contribution in [2.75, 3.05) is 90.8 Å².